The minimum atomic E-state index is -0.371. The average molecular weight is 227 g/mol. The standard InChI is InChI=1S/C10H13NO3S/c1-13-10(12)8-6-15-9(11-8)5-7-3-2-4-14-7/h6-7H,2-5H2,1H3. The van der Waals surface area contributed by atoms with Crippen molar-refractivity contribution in [3.05, 3.63) is 16.1 Å². The molecule has 1 saturated heterocycles. The number of carbonyl (C=O) groups excluding carboxylic acids is 1. The molecule has 2 rings (SSSR count). The molecule has 15 heavy (non-hydrogen) atoms. The van der Waals surface area contributed by atoms with Crippen LogP contribution in [0.5, 0.6) is 0 Å². The maximum atomic E-state index is 11.2. The first kappa shape index (κ1) is 10.6. The molecule has 5 heteroatoms. The topological polar surface area (TPSA) is 48.4 Å². The van der Waals surface area contributed by atoms with Gasteiger partial charge in [0.25, 0.3) is 0 Å². The summed E-state index contributed by atoms with van der Waals surface area (Å²) in [5, 5.41) is 2.68. The van der Waals surface area contributed by atoms with E-state index in [1.165, 1.54) is 18.4 Å². The van der Waals surface area contributed by atoms with Crippen molar-refractivity contribution in [1.82, 2.24) is 4.98 Å². The van der Waals surface area contributed by atoms with E-state index >= 15 is 0 Å². The van der Waals surface area contributed by atoms with Crippen LogP contribution in [0.3, 0.4) is 0 Å². The van der Waals surface area contributed by atoms with Gasteiger partial charge in [-0.3, -0.25) is 0 Å². The molecule has 1 fully saturated rings. The normalized spacial score (nSPS) is 20.5. The Hall–Kier alpha value is -0.940. The van der Waals surface area contributed by atoms with E-state index in [1.54, 1.807) is 5.38 Å². The van der Waals surface area contributed by atoms with Gasteiger partial charge < -0.3 is 9.47 Å². The van der Waals surface area contributed by atoms with Gasteiger partial charge in [-0.2, -0.15) is 0 Å². The first-order valence-corrected chi connectivity index (χ1v) is 5.82. The van der Waals surface area contributed by atoms with E-state index in [0.29, 0.717) is 5.69 Å². The van der Waals surface area contributed by atoms with Crippen molar-refractivity contribution in [1.29, 1.82) is 0 Å². The molecule has 0 N–H and O–H groups in total. The highest BCUT2D eigenvalue weighted by Gasteiger charge is 2.18. The molecule has 1 aliphatic rings. The number of methoxy groups -OCH3 is 1. The Morgan fingerprint density at radius 3 is 3.33 bits per heavy atom. The molecule has 1 aromatic rings. The van der Waals surface area contributed by atoms with Crippen LogP contribution in [-0.4, -0.2) is 30.8 Å². The van der Waals surface area contributed by atoms with Gasteiger partial charge in [-0.05, 0) is 12.8 Å². The van der Waals surface area contributed by atoms with Gasteiger partial charge in [-0.15, -0.1) is 11.3 Å². The predicted octanol–water partition coefficient (Wildman–Crippen LogP) is 1.65. The lowest BCUT2D eigenvalue weighted by Crippen LogP contribution is -2.09. The molecule has 1 aromatic heterocycles. The molecule has 82 valence electrons. The van der Waals surface area contributed by atoms with E-state index in [1.807, 2.05) is 0 Å². The Kier molecular flexibility index (Phi) is 3.33. The van der Waals surface area contributed by atoms with Gasteiger partial charge in [-0.1, -0.05) is 0 Å². The van der Waals surface area contributed by atoms with Crippen LogP contribution in [-0.2, 0) is 15.9 Å². The first-order chi connectivity index (χ1) is 7.29. The number of rotatable bonds is 3. The van der Waals surface area contributed by atoms with E-state index in [-0.39, 0.29) is 12.1 Å². The fraction of sp³-hybridized carbons (Fsp3) is 0.600. The number of nitrogens with zero attached hydrogens (tertiary/aromatic N) is 1. The molecular weight excluding hydrogens is 214 g/mol. The highest BCUT2D eigenvalue weighted by atomic mass is 32.1. The van der Waals surface area contributed by atoms with Crippen molar-refractivity contribution in [2.45, 2.75) is 25.4 Å². The molecule has 0 spiro atoms. The Balaban J connectivity index is 1.97. The predicted molar refractivity (Wildman–Crippen MR) is 56.1 cm³/mol. The second kappa shape index (κ2) is 4.72. The summed E-state index contributed by atoms with van der Waals surface area (Å²) in [4.78, 5) is 15.4. The molecule has 2 heterocycles. The third-order valence-electron chi connectivity index (χ3n) is 2.37. The van der Waals surface area contributed by atoms with Crippen LogP contribution in [0.4, 0.5) is 0 Å². The minimum absolute atomic E-state index is 0.279. The zero-order valence-electron chi connectivity index (χ0n) is 8.56. The van der Waals surface area contributed by atoms with Crippen molar-refractivity contribution in [3.8, 4) is 0 Å². The van der Waals surface area contributed by atoms with Crippen molar-refractivity contribution in [2.75, 3.05) is 13.7 Å². The molecule has 0 radical (unpaired) electrons. The number of aromatic nitrogens is 1. The maximum absolute atomic E-state index is 11.2. The van der Waals surface area contributed by atoms with Gasteiger partial charge in [0.05, 0.1) is 18.2 Å². The molecule has 1 aliphatic heterocycles. The van der Waals surface area contributed by atoms with Crippen LogP contribution < -0.4 is 0 Å². The number of esters is 1. The SMILES string of the molecule is COC(=O)c1csc(CC2CCCO2)n1. The fourth-order valence-corrected chi connectivity index (χ4v) is 2.43. The summed E-state index contributed by atoms with van der Waals surface area (Å²) in [6.45, 7) is 0.847. The summed E-state index contributed by atoms with van der Waals surface area (Å²) in [6, 6.07) is 0. The monoisotopic (exact) mass is 227 g/mol. The highest BCUT2D eigenvalue weighted by Crippen LogP contribution is 2.19. The van der Waals surface area contributed by atoms with Gasteiger partial charge in [0.15, 0.2) is 5.69 Å². The van der Waals surface area contributed by atoms with Gasteiger partial charge in [0.1, 0.15) is 0 Å². The van der Waals surface area contributed by atoms with Gasteiger partial charge in [0, 0.05) is 18.4 Å². The highest BCUT2D eigenvalue weighted by molar-refractivity contribution is 7.09. The summed E-state index contributed by atoms with van der Waals surface area (Å²) in [5.41, 5.74) is 0.399. The molecule has 0 aromatic carbocycles. The van der Waals surface area contributed by atoms with Crippen molar-refractivity contribution in [3.63, 3.8) is 0 Å². The summed E-state index contributed by atoms with van der Waals surface area (Å²) >= 11 is 1.49. The van der Waals surface area contributed by atoms with E-state index < -0.39 is 0 Å². The molecule has 0 saturated carbocycles. The maximum Gasteiger partial charge on any atom is 0.357 e. The van der Waals surface area contributed by atoms with Crippen LogP contribution >= 0.6 is 11.3 Å². The first-order valence-electron chi connectivity index (χ1n) is 4.94. The van der Waals surface area contributed by atoms with Crippen LogP contribution in [0.15, 0.2) is 5.38 Å². The summed E-state index contributed by atoms with van der Waals surface area (Å²) in [7, 11) is 1.36. The van der Waals surface area contributed by atoms with Crippen molar-refractivity contribution >= 4 is 17.3 Å². The largest absolute Gasteiger partial charge is 0.464 e. The lowest BCUT2D eigenvalue weighted by molar-refractivity contribution is 0.0594. The van der Waals surface area contributed by atoms with Crippen LogP contribution in [0, 0.1) is 0 Å². The van der Waals surface area contributed by atoms with E-state index in [0.717, 1.165) is 30.9 Å². The fourth-order valence-electron chi connectivity index (χ4n) is 1.60. The number of thiazole rings is 1. The van der Waals surface area contributed by atoms with Crippen molar-refractivity contribution in [2.24, 2.45) is 0 Å². The van der Waals surface area contributed by atoms with Gasteiger partial charge >= 0.3 is 5.97 Å². The van der Waals surface area contributed by atoms with Crippen LogP contribution in [0.1, 0.15) is 28.3 Å². The van der Waals surface area contributed by atoms with E-state index in [2.05, 4.69) is 9.72 Å². The van der Waals surface area contributed by atoms with Gasteiger partial charge in [0.2, 0.25) is 0 Å². The molecule has 1 atom stereocenters. The lowest BCUT2D eigenvalue weighted by Gasteiger charge is -2.05. The number of carbonyl (C=O) groups is 1. The van der Waals surface area contributed by atoms with Gasteiger partial charge in [-0.25, -0.2) is 9.78 Å². The molecule has 0 bridgehead atoms. The molecule has 4 nitrogen and oxygen atoms in total. The molecule has 0 amide bonds. The minimum Gasteiger partial charge on any atom is -0.464 e. The zero-order valence-corrected chi connectivity index (χ0v) is 9.38. The summed E-state index contributed by atoms with van der Waals surface area (Å²) in [5.74, 6) is -0.371. The number of hydrogen-bond acceptors (Lipinski definition) is 5. The van der Waals surface area contributed by atoms with Crippen LogP contribution in [0.25, 0.3) is 0 Å². The molecule has 1 unspecified atom stereocenters. The number of ether oxygens (including phenoxy) is 2. The Labute approximate surface area is 92.2 Å². The second-order valence-corrected chi connectivity index (χ2v) is 4.40. The quantitative estimate of drug-likeness (QED) is 0.737. The second-order valence-electron chi connectivity index (χ2n) is 3.46. The van der Waals surface area contributed by atoms with E-state index in [4.69, 9.17) is 4.74 Å². The summed E-state index contributed by atoms with van der Waals surface area (Å²) < 4.78 is 10.1. The number of hydrogen-bond donors (Lipinski definition) is 0. The third kappa shape index (κ3) is 2.54. The van der Waals surface area contributed by atoms with Crippen molar-refractivity contribution < 1.29 is 14.3 Å². The Morgan fingerprint density at radius 1 is 1.80 bits per heavy atom. The van der Waals surface area contributed by atoms with E-state index in [9.17, 15) is 4.79 Å². The third-order valence-corrected chi connectivity index (χ3v) is 3.24. The molecule has 0 aliphatic carbocycles. The summed E-state index contributed by atoms with van der Waals surface area (Å²) in [6.07, 6.45) is 3.30. The van der Waals surface area contributed by atoms with Crippen LogP contribution in [0.2, 0.25) is 0 Å². The lowest BCUT2D eigenvalue weighted by atomic mass is 10.2. The Morgan fingerprint density at radius 2 is 2.67 bits per heavy atom. The molecular formula is C10H13NO3S. The zero-order chi connectivity index (χ0) is 10.7. The smallest absolute Gasteiger partial charge is 0.357 e. The average Bonchev–Trinajstić information content (AvgIpc) is 2.88. The Bertz CT molecular complexity index is 344.